The molecular weight excluding hydrogens is 1640 g/mol. The van der Waals surface area contributed by atoms with E-state index in [0.717, 1.165) is 104 Å². The molecule has 0 radical (unpaired) electrons. The molecule has 2 aromatic carbocycles. The first-order valence-corrected chi connectivity index (χ1v) is 43.9. The molecule has 12 N–H and O–H groups in total. The third-order valence-corrected chi connectivity index (χ3v) is 25.5. The van der Waals surface area contributed by atoms with Gasteiger partial charge in [0.1, 0.15) is 24.5 Å². The van der Waals surface area contributed by atoms with Crippen LogP contribution in [0.4, 0.5) is 32.3 Å². The van der Waals surface area contributed by atoms with Gasteiger partial charge in [0.2, 0.25) is 41.4 Å². The predicted molar refractivity (Wildman–Crippen MR) is 472 cm³/mol. The highest BCUT2D eigenvalue weighted by molar-refractivity contribution is 6.02. The maximum Gasteiger partial charge on any atom is 0.326 e. The van der Waals surface area contributed by atoms with Gasteiger partial charge in [-0.3, -0.25) is 68.5 Å². The molecule has 8 aliphatic heterocycles. The van der Waals surface area contributed by atoms with Gasteiger partial charge in [-0.15, -0.1) is 0 Å². The standard InChI is InChI=1S/C44H53N11O7.C24H26N6O4.C22H33N5O4.H3N/c1-28-21-30(22-31-27-47-50-41(28)31)24-35(49-44(62)54-15-8-33(9-16-54)55-37-3-2-10-46-34(37)25-39(55)57)42(60)48-36(23-29-6-13-52(14-7-29)38(56)26-40(58)59)43(61)53-19-17-51(18-20-53)32-4-11-45-12-5-32;1-14-9-15(10-16-13-26-28-22(14)16)11-19(23(32)33)27-24(34)29-7-4-17(5-8-29)30-20-3-2-6-25-18(20)12-21(30)31;1-2-31-21(29)16-20(28)26-9-5-17(6-10-26)15-19(23)22(30)27-13-11-25(12-14-27)18-3-7-24-8-4-18;/h2-5,10-12,21-22,27,29,33,35-36H,6-9,13-20,23-26H2,1H3,(H,47,50)(H,48,60)(H,49,62)(H,58,59);2-3,6,9-10,13,17,19H,4-5,7-8,11-12H2,1H3,(H,26,28)(H,27,34)(H,32,33);3-4,7-8,17,19H,2,5-6,9-16,23H2,1H3;1H3/t35-,36+;2*19-;/m110./s1. The number of pyridine rings is 4. The monoisotopic (exact) mass is 1760 g/mol. The Labute approximate surface area is 741 Å². The summed E-state index contributed by atoms with van der Waals surface area (Å²) in [6, 6.07) is 18.5. The van der Waals surface area contributed by atoms with Crippen molar-refractivity contribution < 1.29 is 72.5 Å². The molecule has 0 saturated carbocycles. The van der Waals surface area contributed by atoms with Gasteiger partial charge >= 0.3 is 24.0 Å². The molecule has 6 fully saturated rings. The smallest absolute Gasteiger partial charge is 0.326 e. The number of carbonyl (C=O) groups is 12. The van der Waals surface area contributed by atoms with Crippen molar-refractivity contribution in [1.82, 2.24) is 91.8 Å². The molecule has 16 rings (SSSR count). The van der Waals surface area contributed by atoms with E-state index in [0.29, 0.717) is 155 Å². The number of amides is 11. The zero-order valence-electron chi connectivity index (χ0n) is 72.9. The quantitative estimate of drug-likeness (QED) is 0.0313. The van der Waals surface area contributed by atoms with Crippen molar-refractivity contribution in [3.8, 4) is 0 Å². The zero-order valence-corrected chi connectivity index (χ0v) is 72.9. The lowest BCUT2D eigenvalue weighted by atomic mass is 9.89. The first kappa shape index (κ1) is 92.4. The number of anilines is 4. The van der Waals surface area contributed by atoms with Gasteiger partial charge in [-0.1, -0.05) is 12.1 Å². The summed E-state index contributed by atoms with van der Waals surface area (Å²) in [6.07, 6.45) is 19.7. The van der Waals surface area contributed by atoms with Crippen molar-refractivity contribution in [1.29, 1.82) is 0 Å². The van der Waals surface area contributed by atoms with E-state index in [2.05, 4.69) is 66.1 Å². The fraction of sp³-hybridized carbons (Fsp3) is 0.489. The number of piperazine rings is 2. The number of fused-ring (bicyclic) bond motifs is 4. The average molecular weight is 1760 g/mol. The summed E-state index contributed by atoms with van der Waals surface area (Å²) in [4.78, 5) is 189. The number of carboxylic acids is 2. The minimum Gasteiger partial charge on any atom is -0.550 e. The van der Waals surface area contributed by atoms with Crippen LogP contribution in [0.1, 0.15) is 118 Å². The highest BCUT2D eigenvalue weighted by Crippen LogP contribution is 2.36. The van der Waals surface area contributed by atoms with Crippen LogP contribution in [0.2, 0.25) is 0 Å². The van der Waals surface area contributed by atoms with Gasteiger partial charge < -0.3 is 96.6 Å². The van der Waals surface area contributed by atoms with Crippen LogP contribution in [0.3, 0.4) is 0 Å². The number of quaternary nitrogens is 1. The predicted octanol–water partition coefficient (Wildman–Crippen LogP) is 3.98. The Balaban J connectivity index is 0.000000179. The van der Waals surface area contributed by atoms with Crippen molar-refractivity contribution in [2.45, 2.75) is 160 Å². The number of aryl methyl sites for hydroxylation is 2. The van der Waals surface area contributed by atoms with Crippen LogP contribution >= 0.6 is 0 Å². The number of ether oxygens (including phenoxy) is 1. The van der Waals surface area contributed by atoms with E-state index >= 15 is 0 Å². The molecule has 38 heteroatoms. The van der Waals surface area contributed by atoms with Crippen LogP contribution in [0, 0.1) is 25.7 Å². The number of likely N-dealkylation sites (tertiary alicyclic amines) is 4. The number of urea groups is 2. The molecule has 0 bridgehead atoms. The van der Waals surface area contributed by atoms with Crippen molar-refractivity contribution >= 4 is 116 Å². The van der Waals surface area contributed by atoms with Crippen LogP contribution in [-0.2, 0) is 78.4 Å². The number of carbonyl (C=O) groups excluding carboxylic acids is 11. The molecular formula is C90H115N23O15. The van der Waals surface area contributed by atoms with E-state index in [9.17, 15) is 67.7 Å². The molecule has 4 atom stereocenters. The molecule has 11 amide bonds. The molecule has 6 saturated heterocycles. The number of aromatic nitrogens is 8. The maximum atomic E-state index is 14.7. The second-order valence-electron chi connectivity index (χ2n) is 33.9. The minimum absolute atomic E-state index is 0. The highest BCUT2D eigenvalue weighted by atomic mass is 16.5. The minimum atomic E-state index is -1.43. The van der Waals surface area contributed by atoms with Gasteiger partial charge in [-0.25, -0.2) is 14.4 Å². The SMILES string of the molecule is CCOC(=O)CC(=O)N1CCC(C[C@H](N)C(=O)N2CCN(c3ccncc3)CC2)CC1.Cc1cc(C[C@@H](NC(=O)N2CCC(N3C(=O)Cc4ncccc43)CC2)C(=O)N[C@@H](CC2CCN(C(=O)CC(=O)[O-])CC2)C(=O)N2CCN(c3ccncc3)CC2)cc2cn[nH]c12.Cc1cc(C[C@@H](NC(=O)N2CCC(N3C(=O)Cc4ncccc43)CC2)C(=O)O)cc2cn[nH]c12.[NH4+]. The summed E-state index contributed by atoms with van der Waals surface area (Å²) in [5, 5.41) is 45.5. The number of piperidine rings is 4. The van der Waals surface area contributed by atoms with E-state index in [4.69, 9.17) is 10.5 Å². The fourth-order valence-electron chi connectivity index (χ4n) is 18.7. The van der Waals surface area contributed by atoms with Gasteiger partial charge in [0.05, 0.1) is 84.1 Å². The number of aliphatic carboxylic acids is 2. The largest absolute Gasteiger partial charge is 0.550 e. The number of nitrogens with two attached hydrogens (primary N) is 1. The lowest BCUT2D eigenvalue weighted by Gasteiger charge is -2.39. The van der Waals surface area contributed by atoms with Gasteiger partial charge in [-0.05, 0) is 180 Å². The van der Waals surface area contributed by atoms with Gasteiger partial charge in [0.25, 0.3) is 0 Å². The Hall–Kier alpha value is -13.3. The molecule has 8 aromatic rings. The Kier molecular flexibility index (Phi) is 30.9. The number of aromatic amines is 2. The third kappa shape index (κ3) is 22.9. The molecule has 38 nitrogen and oxygen atoms in total. The number of benzene rings is 2. The van der Waals surface area contributed by atoms with Crippen molar-refractivity contribution in [2.24, 2.45) is 17.6 Å². The summed E-state index contributed by atoms with van der Waals surface area (Å²) >= 11 is 0. The Morgan fingerprint density at radius 1 is 0.508 bits per heavy atom. The van der Waals surface area contributed by atoms with Gasteiger partial charge in [0, 0.05) is 189 Å². The van der Waals surface area contributed by atoms with Crippen LogP contribution in [0.25, 0.3) is 21.8 Å². The lowest BCUT2D eigenvalue weighted by molar-refractivity contribution is -0.304. The number of hydrogen-bond acceptors (Lipinski definition) is 23. The molecule has 680 valence electrons. The maximum absolute atomic E-state index is 14.7. The number of esters is 1. The Bertz CT molecular complexity index is 5260. The number of carboxylic acid groups (broad SMARTS) is 2. The molecule has 0 spiro atoms. The van der Waals surface area contributed by atoms with E-state index < -0.39 is 72.4 Å². The third-order valence-electron chi connectivity index (χ3n) is 25.5. The normalized spacial score (nSPS) is 18.0. The fourth-order valence-corrected chi connectivity index (χ4v) is 18.7. The lowest BCUT2D eigenvalue weighted by Crippen LogP contribution is -2.59. The number of nitrogens with one attached hydrogen (secondary N) is 5. The molecule has 14 heterocycles. The summed E-state index contributed by atoms with van der Waals surface area (Å²) in [5.74, 6) is -4.10. The van der Waals surface area contributed by atoms with Crippen molar-refractivity contribution in [2.75, 3.05) is 131 Å². The second kappa shape index (κ2) is 42.8. The summed E-state index contributed by atoms with van der Waals surface area (Å²) in [6.45, 7) is 14.3. The van der Waals surface area contributed by atoms with Crippen LogP contribution in [0.15, 0.2) is 122 Å². The topological polar surface area (TPSA) is 497 Å². The van der Waals surface area contributed by atoms with E-state index in [-0.39, 0.29) is 86.0 Å². The second-order valence-corrected chi connectivity index (χ2v) is 33.9. The summed E-state index contributed by atoms with van der Waals surface area (Å²) in [5.41, 5.74) is 16.9. The first-order valence-electron chi connectivity index (χ1n) is 43.9. The van der Waals surface area contributed by atoms with Crippen molar-refractivity contribution in [3.63, 3.8) is 0 Å². The molecule has 128 heavy (non-hydrogen) atoms. The number of nitrogens with zero attached hydrogens (tertiary/aromatic N) is 16. The first-order chi connectivity index (χ1) is 61.4. The highest BCUT2D eigenvalue weighted by Gasteiger charge is 2.42. The van der Waals surface area contributed by atoms with E-state index in [1.165, 1.54) is 4.90 Å². The molecule has 0 aliphatic carbocycles. The molecule has 6 aromatic heterocycles. The zero-order chi connectivity index (χ0) is 89.4. The van der Waals surface area contributed by atoms with E-state index in [1.54, 1.807) is 76.1 Å². The van der Waals surface area contributed by atoms with E-state index in [1.807, 2.05) is 101 Å². The van der Waals surface area contributed by atoms with Gasteiger partial charge in [-0.2, -0.15) is 10.2 Å². The number of hydrogen-bond donors (Lipinski definition) is 8. The molecule has 0 unspecified atom stereocenters. The van der Waals surface area contributed by atoms with Gasteiger partial charge in [0.15, 0.2) is 0 Å². The number of H-pyrrole nitrogens is 2. The van der Waals surface area contributed by atoms with Crippen molar-refractivity contribution in [3.05, 3.63) is 156 Å². The van der Waals surface area contributed by atoms with Crippen LogP contribution in [-0.4, -0.2) is 294 Å². The van der Waals surface area contributed by atoms with Crippen LogP contribution < -0.4 is 52.5 Å². The summed E-state index contributed by atoms with van der Waals surface area (Å²) < 4.78 is 4.84. The number of rotatable bonds is 24. The van der Waals surface area contributed by atoms with Crippen LogP contribution in [0.5, 0.6) is 0 Å². The molecule has 8 aliphatic rings. The Morgan fingerprint density at radius 2 is 0.930 bits per heavy atom. The average Bonchev–Trinajstić information content (AvgIpc) is 1.64. The Morgan fingerprint density at radius 3 is 1.38 bits per heavy atom. The summed E-state index contributed by atoms with van der Waals surface area (Å²) in [7, 11) is 0.